The van der Waals surface area contributed by atoms with Gasteiger partial charge in [0.25, 0.3) is 0 Å². The SMILES string of the molecule is NC1(C2(c3ccccc3)CCCC2)CCC(O)CC1. The van der Waals surface area contributed by atoms with E-state index in [1.165, 1.54) is 31.2 Å². The van der Waals surface area contributed by atoms with Crippen molar-refractivity contribution in [2.75, 3.05) is 0 Å². The van der Waals surface area contributed by atoms with Gasteiger partial charge in [-0.25, -0.2) is 0 Å². The zero-order valence-corrected chi connectivity index (χ0v) is 11.6. The Bertz CT molecular complexity index is 414. The van der Waals surface area contributed by atoms with E-state index in [0.717, 1.165) is 25.7 Å². The van der Waals surface area contributed by atoms with Gasteiger partial charge >= 0.3 is 0 Å². The molecule has 2 aliphatic rings. The van der Waals surface area contributed by atoms with Crippen LogP contribution in [-0.4, -0.2) is 16.7 Å². The van der Waals surface area contributed by atoms with Crippen LogP contribution < -0.4 is 5.73 Å². The van der Waals surface area contributed by atoms with E-state index in [2.05, 4.69) is 30.3 Å². The molecule has 0 aliphatic heterocycles. The highest BCUT2D eigenvalue weighted by molar-refractivity contribution is 5.32. The average Bonchev–Trinajstić information content (AvgIpc) is 2.95. The van der Waals surface area contributed by atoms with Crippen LogP contribution in [0.1, 0.15) is 56.9 Å². The van der Waals surface area contributed by atoms with Crippen LogP contribution in [0.5, 0.6) is 0 Å². The first kappa shape index (κ1) is 13.1. The Balaban J connectivity index is 1.97. The van der Waals surface area contributed by atoms with Crippen molar-refractivity contribution in [1.29, 1.82) is 0 Å². The molecule has 1 aromatic carbocycles. The summed E-state index contributed by atoms with van der Waals surface area (Å²) >= 11 is 0. The molecule has 0 bridgehead atoms. The van der Waals surface area contributed by atoms with Gasteiger partial charge in [0.2, 0.25) is 0 Å². The Morgan fingerprint density at radius 3 is 2.11 bits per heavy atom. The molecule has 0 heterocycles. The van der Waals surface area contributed by atoms with Gasteiger partial charge in [-0.15, -0.1) is 0 Å². The largest absolute Gasteiger partial charge is 0.393 e. The van der Waals surface area contributed by atoms with Crippen LogP contribution in [0.25, 0.3) is 0 Å². The molecule has 0 radical (unpaired) electrons. The Labute approximate surface area is 116 Å². The van der Waals surface area contributed by atoms with E-state index < -0.39 is 0 Å². The van der Waals surface area contributed by atoms with Crippen LogP contribution in [0.3, 0.4) is 0 Å². The van der Waals surface area contributed by atoms with Crippen molar-refractivity contribution in [2.24, 2.45) is 5.73 Å². The number of aliphatic hydroxyl groups is 1. The fourth-order valence-corrected chi connectivity index (χ4v) is 4.41. The minimum absolute atomic E-state index is 0.121. The van der Waals surface area contributed by atoms with Crippen LogP contribution in [-0.2, 0) is 5.41 Å². The third-order valence-corrected chi connectivity index (χ3v) is 5.58. The second-order valence-electron chi connectivity index (χ2n) is 6.54. The lowest BCUT2D eigenvalue weighted by atomic mass is 9.59. The zero-order valence-electron chi connectivity index (χ0n) is 11.6. The molecule has 3 N–H and O–H groups in total. The second-order valence-corrected chi connectivity index (χ2v) is 6.54. The highest BCUT2D eigenvalue weighted by atomic mass is 16.3. The van der Waals surface area contributed by atoms with E-state index >= 15 is 0 Å². The summed E-state index contributed by atoms with van der Waals surface area (Å²) in [5, 5.41) is 9.78. The first-order valence-corrected chi connectivity index (χ1v) is 7.69. The van der Waals surface area contributed by atoms with Gasteiger partial charge in [-0.05, 0) is 44.1 Å². The zero-order chi connectivity index (χ0) is 13.3. The third kappa shape index (κ3) is 2.11. The van der Waals surface area contributed by atoms with Crippen LogP contribution in [0, 0.1) is 0 Å². The molecule has 0 spiro atoms. The predicted octanol–water partition coefficient (Wildman–Crippen LogP) is 3.13. The lowest BCUT2D eigenvalue weighted by Gasteiger charge is -2.50. The van der Waals surface area contributed by atoms with E-state index in [1.54, 1.807) is 0 Å². The molecule has 0 amide bonds. The summed E-state index contributed by atoms with van der Waals surface area (Å²) < 4.78 is 0. The number of nitrogens with two attached hydrogens (primary N) is 1. The van der Waals surface area contributed by atoms with Gasteiger partial charge in [0.05, 0.1) is 6.10 Å². The summed E-state index contributed by atoms with van der Waals surface area (Å²) in [5.74, 6) is 0. The minimum Gasteiger partial charge on any atom is -0.393 e. The summed E-state index contributed by atoms with van der Waals surface area (Å²) in [6.45, 7) is 0. The van der Waals surface area contributed by atoms with Crippen molar-refractivity contribution < 1.29 is 5.11 Å². The summed E-state index contributed by atoms with van der Waals surface area (Å²) in [6.07, 6.45) is 8.52. The molecular weight excluding hydrogens is 234 g/mol. The Morgan fingerprint density at radius 2 is 1.53 bits per heavy atom. The summed E-state index contributed by atoms with van der Waals surface area (Å²) in [6, 6.07) is 10.9. The lowest BCUT2D eigenvalue weighted by molar-refractivity contribution is 0.0623. The fourth-order valence-electron chi connectivity index (χ4n) is 4.41. The van der Waals surface area contributed by atoms with Gasteiger partial charge in [-0.1, -0.05) is 43.2 Å². The van der Waals surface area contributed by atoms with Crippen LogP contribution in [0.2, 0.25) is 0 Å². The van der Waals surface area contributed by atoms with Crippen molar-refractivity contribution in [1.82, 2.24) is 0 Å². The molecule has 2 aliphatic carbocycles. The third-order valence-electron chi connectivity index (χ3n) is 5.58. The predicted molar refractivity (Wildman–Crippen MR) is 78.0 cm³/mol. The average molecular weight is 259 g/mol. The van der Waals surface area contributed by atoms with Gasteiger partial charge in [0, 0.05) is 11.0 Å². The molecule has 0 atom stereocenters. The van der Waals surface area contributed by atoms with Crippen LogP contribution in [0.4, 0.5) is 0 Å². The van der Waals surface area contributed by atoms with Crippen molar-refractivity contribution >= 4 is 0 Å². The first-order valence-electron chi connectivity index (χ1n) is 7.69. The van der Waals surface area contributed by atoms with Gasteiger partial charge in [0.1, 0.15) is 0 Å². The molecular formula is C17H25NO. The number of benzene rings is 1. The van der Waals surface area contributed by atoms with Crippen LogP contribution in [0.15, 0.2) is 30.3 Å². The van der Waals surface area contributed by atoms with E-state index in [4.69, 9.17) is 5.73 Å². The molecule has 2 fully saturated rings. The molecule has 19 heavy (non-hydrogen) atoms. The summed E-state index contributed by atoms with van der Waals surface area (Å²) in [4.78, 5) is 0. The van der Waals surface area contributed by atoms with Gasteiger partial charge in [0.15, 0.2) is 0 Å². The number of rotatable bonds is 2. The Hall–Kier alpha value is -0.860. The smallest absolute Gasteiger partial charge is 0.0541 e. The van der Waals surface area contributed by atoms with Gasteiger partial charge < -0.3 is 10.8 Å². The number of aliphatic hydroxyl groups excluding tert-OH is 1. The molecule has 2 saturated carbocycles. The quantitative estimate of drug-likeness (QED) is 0.857. The molecule has 0 unspecified atom stereocenters. The van der Waals surface area contributed by atoms with Gasteiger partial charge in [-0.3, -0.25) is 0 Å². The maximum Gasteiger partial charge on any atom is 0.0541 e. The molecule has 3 rings (SSSR count). The standard InChI is InChI=1S/C17H25NO/c18-17(12-8-15(19)9-13-17)16(10-4-5-11-16)14-6-2-1-3-7-14/h1-3,6-7,15,19H,4-5,8-13,18H2. The first-order chi connectivity index (χ1) is 9.16. The Morgan fingerprint density at radius 1 is 0.947 bits per heavy atom. The van der Waals surface area contributed by atoms with E-state index in [-0.39, 0.29) is 17.1 Å². The minimum atomic E-state index is -0.133. The van der Waals surface area contributed by atoms with Crippen molar-refractivity contribution in [3.05, 3.63) is 35.9 Å². The second kappa shape index (κ2) is 4.92. The van der Waals surface area contributed by atoms with Crippen molar-refractivity contribution in [3.63, 3.8) is 0 Å². The molecule has 1 aromatic rings. The van der Waals surface area contributed by atoms with Crippen molar-refractivity contribution in [2.45, 2.75) is 68.4 Å². The topological polar surface area (TPSA) is 46.2 Å². The lowest BCUT2D eigenvalue weighted by Crippen LogP contribution is -2.59. The molecule has 0 saturated heterocycles. The molecule has 2 heteroatoms. The number of hydrogen-bond acceptors (Lipinski definition) is 2. The molecule has 104 valence electrons. The Kier molecular flexibility index (Phi) is 3.40. The highest BCUT2D eigenvalue weighted by Crippen LogP contribution is 2.52. The van der Waals surface area contributed by atoms with Crippen LogP contribution >= 0.6 is 0 Å². The summed E-state index contributed by atoms with van der Waals surface area (Å²) in [7, 11) is 0. The fraction of sp³-hybridized carbons (Fsp3) is 0.647. The van der Waals surface area contributed by atoms with E-state index in [1.807, 2.05) is 0 Å². The van der Waals surface area contributed by atoms with Gasteiger partial charge in [-0.2, -0.15) is 0 Å². The van der Waals surface area contributed by atoms with E-state index in [9.17, 15) is 5.11 Å². The monoisotopic (exact) mass is 259 g/mol. The normalized spacial score (nSPS) is 34.3. The maximum atomic E-state index is 9.78. The maximum absolute atomic E-state index is 9.78. The molecule has 0 aromatic heterocycles. The molecule has 2 nitrogen and oxygen atoms in total. The van der Waals surface area contributed by atoms with Crippen molar-refractivity contribution in [3.8, 4) is 0 Å². The highest BCUT2D eigenvalue weighted by Gasteiger charge is 2.51. The summed E-state index contributed by atoms with van der Waals surface area (Å²) in [5.41, 5.74) is 8.33. The number of hydrogen-bond donors (Lipinski definition) is 2. The van der Waals surface area contributed by atoms with E-state index in [0.29, 0.717) is 0 Å².